The number of nitrogens with zero attached hydrogens (tertiary/aromatic N) is 2. The molecule has 2 aromatic rings. The third kappa shape index (κ3) is 4.25. The van der Waals surface area contributed by atoms with Crippen molar-refractivity contribution in [3.05, 3.63) is 63.1 Å². The fourth-order valence-corrected chi connectivity index (χ4v) is 2.56. The second-order valence-electron chi connectivity index (χ2n) is 5.30. The number of hydrogen-bond donors (Lipinski definition) is 0. The van der Waals surface area contributed by atoms with E-state index < -0.39 is 0 Å². The van der Waals surface area contributed by atoms with Gasteiger partial charge in [-0.3, -0.25) is 0 Å². The fraction of sp³-hybridized carbons (Fsp3) is 0.278. The van der Waals surface area contributed by atoms with E-state index in [-0.39, 0.29) is 0 Å². The van der Waals surface area contributed by atoms with Gasteiger partial charge >= 0.3 is 0 Å². The van der Waals surface area contributed by atoms with Gasteiger partial charge in [-0.1, -0.05) is 41.4 Å². The first kappa shape index (κ1) is 16.9. The molecular weight excluding hydrogens is 315 g/mol. The molecule has 0 spiro atoms. The van der Waals surface area contributed by atoms with E-state index in [0.717, 1.165) is 40.4 Å². The Kier molecular flexibility index (Phi) is 5.87. The Morgan fingerprint density at radius 3 is 2.55 bits per heavy atom. The minimum absolute atomic E-state index is 0.693. The molecule has 0 saturated carbocycles. The van der Waals surface area contributed by atoms with Crippen LogP contribution in [-0.2, 0) is 6.42 Å². The topological polar surface area (TPSA) is 15.6 Å². The first-order chi connectivity index (χ1) is 10.5. The summed E-state index contributed by atoms with van der Waals surface area (Å²) in [5.74, 6) is 0. The van der Waals surface area contributed by atoms with E-state index in [1.807, 2.05) is 54.7 Å². The molecule has 0 fully saturated rings. The van der Waals surface area contributed by atoms with E-state index in [1.165, 1.54) is 0 Å². The molecule has 0 saturated heterocycles. The van der Waals surface area contributed by atoms with Crippen molar-refractivity contribution in [1.82, 2.24) is 4.90 Å². The highest BCUT2D eigenvalue weighted by Crippen LogP contribution is 2.30. The summed E-state index contributed by atoms with van der Waals surface area (Å²) in [5, 5.41) is 1.47. The van der Waals surface area contributed by atoms with Gasteiger partial charge in [0, 0.05) is 23.6 Å². The van der Waals surface area contributed by atoms with Gasteiger partial charge in [-0.25, -0.2) is 4.99 Å². The molecule has 2 rings (SSSR count). The lowest BCUT2D eigenvalue weighted by Crippen LogP contribution is -2.14. The summed E-state index contributed by atoms with van der Waals surface area (Å²) in [5.41, 5.74) is 4.27. The van der Waals surface area contributed by atoms with Gasteiger partial charge in [0.1, 0.15) is 0 Å². The molecule has 0 amide bonds. The van der Waals surface area contributed by atoms with Crippen LogP contribution in [0, 0.1) is 6.92 Å². The van der Waals surface area contributed by atoms with Crippen LogP contribution in [0.1, 0.15) is 23.6 Å². The normalized spacial score (nSPS) is 11.1. The lowest BCUT2D eigenvalue weighted by Gasteiger charge is -2.12. The lowest BCUT2D eigenvalue weighted by atomic mass is 9.99. The molecule has 116 valence electrons. The summed E-state index contributed by atoms with van der Waals surface area (Å²) in [7, 11) is 1.99. The Morgan fingerprint density at radius 1 is 1.14 bits per heavy atom. The van der Waals surface area contributed by atoms with Crippen LogP contribution in [0.15, 0.2) is 41.4 Å². The maximum atomic E-state index is 6.26. The molecular formula is C18H20Cl2N2. The van der Waals surface area contributed by atoms with Crippen LogP contribution in [0.4, 0.5) is 5.69 Å². The van der Waals surface area contributed by atoms with Gasteiger partial charge in [-0.2, -0.15) is 0 Å². The average molecular weight is 335 g/mol. The molecule has 0 bridgehead atoms. The van der Waals surface area contributed by atoms with Crippen LogP contribution in [0.5, 0.6) is 0 Å². The number of halogens is 2. The fourth-order valence-electron chi connectivity index (χ4n) is 2.13. The molecule has 0 radical (unpaired) electrons. The van der Waals surface area contributed by atoms with Crippen LogP contribution in [0.2, 0.25) is 10.0 Å². The Hall–Kier alpha value is -1.51. The first-order valence-corrected chi connectivity index (χ1v) is 8.03. The van der Waals surface area contributed by atoms with E-state index in [1.54, 1.807) is 0 Å². The third-order valence-electron chi connectivity index (χ3n) is 3.68. The Balaban J connectivity index is 2.35. The molecule has 0 aromatic heterocycles. The van der Waals surface area contributed by atoms with Crippen molar-refractivity contribution < 1.29 is 0 Å². The molecule has 4 heteroatoms. The minimum atomic E-state index is 0.693. The van der Waals surface area contributed by atoms with Crippen molar-refractivity contribution in [2.24, 2.45) is 4.99 Å². The van der Waals surface area contributed by atoms with E-state index >= 15 is 0 Å². The van der Waals surface area contributed by atoms with Gasteiger partial charge in [-0.15, -0.1) is 0 Å². The number of benzene rings is 2. The van der Waals surface area contributed by atoms with Crippen molar-refractivity contribution in [2.75, 3.05) is 13.6 Å². The largest absolute Gasteiger partial charge is 0.366 e. The van der Waals surface area contributed by atoms with Gasteiger partial charge in [0.25, 0.3) is 0 Å². The Bertz CT molecular complexity index is 681. The third-order valence-corrected chi connectivity index (χ3v) is 4.27. The number of aliphatic imine (C=N–C) groups is 1. The van der Waals surface area contributed by atoms with Gasteiger partial charge < -0.3 is 4.90 Å². The Morgan fingerprint density at radius 2 is 1.86 bits per heavy atom. The highest BCUT2D eigenvalue weighted by molar-refractivity contribution is 6.31. The van der Waals surface area contributed by atoms with Crippen LogP contribution < -0.4 is 0 Å². The molecule has 0 aliphatic rings. The average Bonchev–Trinajstić information content (AvgIpc) is 2.50. The smallest absolute Gasteiger partial charge is 0.0909 e. The highest BCUT2D eigenvalue weighted by atomic mass is 35.5. The summed E-state index contributed by atoms with van der Waals surface area (Å²) in [6.07, 6.45) is 2.58. The molecule has 22 heavy (non-hydrogen) atoms. The van der Waals surface area contributed by atoms with Gasteiger partial charge in [0.2, 0.25) is 0 Å². The molecule has 2 nitrogen and oxygen atoms in total. The van der Waals surface area contributed by atoms with Gasteiger partial charge in [0.05, 0.1) is 12.0 Å². The predicted octanol–water partition coefficient (Wildman–Crippen LogP) is 5.50. The SMILES string of the molecule is CCN(C)C=Nc1cc(Cl)cc(Cc2ccccc2Cl)c1C. The molecule has 0 N–H and O–H groups in total. The second kappa shape index (κ2) is 7.66. The van der Waals surface area contributed by atoms with E-state index in [0.29, 0.717) is 5.02 Å². The van der Waals surface area contributed by atoms with Crippen LogP contribution in [0.3, 0.4) is 0 Å². The second-order valence-corrected chi connectivity index (χ2v) is 6.14. The molecule has 0 atom stereocenters. The maximum Gasteiger partial charge on any atom is 0.0909 e. The Labute approximate surface area is 142 Å². The molecule has 2 aromatic carbocycles. The molecule has 0 aliphatic heterocycles. The minimum Gasteiger partial charge on any atom is -0.366 e. The van der Waals surface area contributed by atoms with Gasteiger partial charge in [-0.05, 0) is 55.2 Å². The summed E-state index contributed by atoms with van der Waals surface area (Å²) in [6, 6.07) is 11.8. The van der Waals surface area contributed by atoms with Crippen LogP contribution in [0.25, 0.3) is 0 Å². The number of rotatable bonds is 5. The summed E-state index contributed by atoms with van der Waals surface area (Å²) in [4.78, 5) is 6.57. The van der Waals surface area contributed by atoms with Crippen LogP contribution >= 0.6 is 23.2 Å². The van der Waals surface area contributed by atoms with E-state index in [9.17, 15) is 0 Å². The zero-order chi connectivity index (χ0) is 16.1. The zero-order valence-corrected chi connectivity index (χ0v) is 14.6. The summed E-state index contributed by atoms with van der Waals surface area (Å²) in [6.45, 7) is 5.07. The lowest BCUT2D eigenvalue weighted by molar-refractivity contribution is 0.552. The maximum absolute atomic E-state index is 6.26. The van der Waals surface area contributed by atoms with Gasteiger partial charge in [0.15, 0.2) is 0 Å². The monoisotopic (exact) mass is 334 g/mol. The molecule has 0 heterocycles. The standard InChI is InChI=1S/C18H20Cl2N2/c1-4-22(3)12-21-18-11-16(19)10-15(13(18)2)9-14-7-5-6-8-17(14)20/h5-8,10-12H,4,9H2,1-3H3. The molecule has 0 aliphatic carbocycles. The highest BCUT2D eigenvalue weighted by Gasteiger charge is 2.09. The predicted molar refractivity (Wildman–Crippen MR) is 96.9 cm³/mol. The van der Waals surface area contributed by atoms with E-state index in [2.05, 4.69) is 18.8 Å². The van der Waals surface area contributed by atoms with Crippen molar-refractivity contribution in [1.29, 1.82) is 0 Å². The van der Waals surface area contributed by atoms with E-state index in [4.69, 9.17) is 23.2 Å². The summed E-state index contributed by atoms with van der Waals surface area (Å²) < 4.78 is 0. The molecule has 0 unspecified atom stereocenters. The van der Waals surface area contributed by atoms with Crippen molar-refractivity contribution >= 4 is 35.2 Å². The first-order valence-electron chi connectivity index (χ1n) is 7.28. The van der Waals surface area contributed by atoms with Crippen LogP contribution in [-0.4, -0.2) is 24.8 Å². The van der Waals surface area contributed by atoms with Crippen molar-refractivity contribution in [3.63, 3.8) is 0 Å². The van der Waals surface area contributed by atoms with Crippen molar-refractivity contribution in [3.8, 4) is 0 Å². The quantitative estimate of drug-likeness (QED) is 0.520. The number of hydrogen-bond acceptors (Lipinski definition) is 1. The van der Waals surface area contributed by atoms with Crippen molar-refractivity contribution in [2.45, 2.75) is 20.3 Å². The zero-order valence-electron chi connectivity index (χ0n) is 13.1. The summed E-state index contributed by atoms with van der Waals surface area (Å²) >= 11 is 12.5.